The Labute approximate surface area is 113 Å². The van der Waals surface area contributed by atoms with Gasteiger partial charge in [-0.15, -0.1) is 0 Å². The molecule has 1 rings (SSSR count). The molecule has 0 saturated carbocycles. The normalized spacial score (nSPS) is 12.7. The van der Waals surface area contributed by atoms with Crippen molar-refractivity contribution in [3.63, 3.8) is 0 Å². The molecule has 0 aromatic heterocycles. The Morgan fingerprint density at radius 1 is 1.11 bits per heavy atom. The molecular weight excluding hydrogens is 290 g/mol. The van der Waals surface area contributed by atoms with E-state index in [1.165, 1.54) is 31.3 Å². The van der Waals surface area contributed by atoms with Crippen LogP contribution in [0.1, 0.15) is 13.8 Å². The first-order valence-corrected chi connectivity index (χ1v) is 8.42. The van der Waals surface area contributed by atoms with Gasteiger partial charge >= 0.3 is 10.2 Å². The predicted molar refractivity (Wildman–Crippen MR) is 73.4 cm³/mol. The molecule has 108 valence electrons. The van der Waals surface area contributed by atoms with Gasteiger partial charge in [0.2, 0.25) is 10.0 Å². The van der Waals surface area contributed by atoms with Gasteiger partial charge in [0.25, 0.3) is 0 Å². The SMILES string of the molecule is CC(C)NS(=O)(=O)N(C)c1ccc(S(N)(=O)=O)cc1. The Morgan fingerprint density at radius 2 is 1.58 bits per heavy atom. The predicted octanol–water partition coefficient (Wildman–Crippen LogP) is 0.0130. The minimum Gasteiger partial charge on any atom is -0.261 e. The van der Waals surface area contributed by atoms with E-state index in [0.717, 1.165) is 4.31 Å². The zero-order valence-corrected chi connectivity index (χ0v) is 12.5. The van der Waals surface area contributed by atoms with Gasteiger partial charge in [-0.3, -0.25) is 4.31 Å². The minimum absolute atomic E-state index is 0.0705. The standard InChI is InChI=1S/C10H17N3O4S2/c1-8(2)12-19(16,17)13(3)9-4-6-10(7-5-9)18(11,14)15/h4-8,12H,1-3H3,(H2,11,14,15). The summed E-state index contributed by atoms with van der Waals surface area (Å²) in [6.45, 7) is 3.41. The van der Waals surface area contributed by atoms with Crippen LogP contribution in [0.4, 0.5) is 5.69 Å². The van der Waals surface area contributed by atoms with Crippen molar-refractivity contribution < 1.29 is 16.8 Å². The Balaban J connectivity index is 3.05. The molecule has 0 fully saturated rings. The van der Waals surface area contributed by atoms with E-state index < -0.39 is 20.2 Å². The third-order valence-corrected chi connectivity index (χ3v) is 4.90. The van der Waals surface area contributed by atoms with E-state index >= 15 is 0 Å². The Bertz CT molecular complexity index is 636. The highest BCUT2D eigenvalue weighted by Gasteiger charge is 2.19. The smallest absolute Gasteiger partial charge is 0.261 e. The maximum absolute atomic E-state index is 11.9. The van der Waals surface area contributed by atoms with E-state index in [1.807, 2.05) is 0 Å². The van der Waals surface area contributed by atoms with E-state index in [9.17, 15) is 16.8 Å². The molecule has 0 spiro atoms. The van der Waals surface area contributed by atoms with Crippen LogP contribution in [0.5, 0.6) is 0 Å². The molecule has 7 nitrogen and oxygen atoms in total. The molecule has 0 heterocycles. The molecule has 9 heteroatoms. The lowest BCUT2D eigenvalue weighted by molar-refractivity contribution is 0.568. The van der Waals surface area contributed by atoms with Crippen LogP contribution in [0.15, 0.2) is 29.2 Å². The molecule has 0 atom stereocenters. The van der Waals surface area contributed by atoms with Crippen molar-refractivity contribution >= 4 is 25.9 Å². The van der Waals surface area contributed by atoms with Crippen LogP contribution >= 0.6 is 0 Å². The number of hydrogen-bond donors (Lipinski definition) is 2. The molecule has 0 aliphatic heterocycles. The molecular formula is C10H17N3O4S2. The molecule has 0 radical (unpaired) electrons. The summed E-state index contributed by atoms with van der Waals surface area (Å²) >= 11 is 0. The fourth-order valence-electron chi connectivity index (χ4n) is 1.36. The maximum atomic E-state index is 11.9. The van der Waals surface area contributed by atoms with Crippen molar-refractivity contribution in [2.24, 2.45) is 5.14 Å². The van der Waals surface area contributed by atoms with Crippen molar-refractivity contribution in [1.29, 1.82) is 0 Å². The second kappa shape index (κ2) is 5.45. The first-order valence-electron chi connectivity index (χ1n) is 5.43. The largest absolute Gasteiger partial charge is 0.301 e. The van der Waals surface area contributed by atoms with Crippen molar-refractivity contribution in [2.45, 2.75) is 24.8 Å². The van der Waals surface area contributed by atoms with Gasteiger partial charge in [0.15, 0.2) is 0 Å². The van der Waals surface area contributed by atoms with Gasteiger partial charge in [0.05, 0.1) is 10.6 Å². The van der Waals surface area contributed by atoms with E-state index in [0.29, 0.717) is 5.69 Å². The van der Waals surface area contributed by atoms with E-state index in [-0.39, 0.29) is 10.9 Å². The summed E-state index contributed by atoms with van der Waals surface area (Å²) in [5, 5.41) is 4.96. The monoisotopic (exact) mass is 307 g/mol. The summed E-state index contributed by atoms with van der Waals surface area (Å²) in [6.07, 6.45) is 0. The van der Waals surface area contributed by atoms with Crippen LogP contribution in [-0.2, 0) is 20.2 Å². The second-order valence-electron chi connectivity index (χ2n) is 4.28. The highest BCUT2D eigenvalue weighted by molar-refractivity contribution is 7.90. The molecule has 1 aromatic carbocycles. The van der Waals surface area contributed by atoms with E-state index in [4.69, 9.17) is 5.14 Å². The first kappa shape index (κ1) is 15.9. The summed E-state index contributed by atoms with van der Waals surface area (Å²) < 4.78 is 49.4. The number of nitrogens with zero attached hydrogens (tertiary/aromatic N) is 1. The van der Waals surface area contributed by atoms with Crippen LogP contribution in [0.2, 0.25) is 0 Å². The van der Waals surface area contributed by atoms with Crippen molar-refractivity contribution in [3.05, 3.63) is 24.3 Å². The fourth-order valence-corrected chi connectivity index (χ4v) is 3.03. The summed E-state index contributed by atoms with van der Waals surface area (Å²) in [6, 6.07) is 5.02. The highest BCUT2D eigenvalue weighted by Crippen LogP contribution is 2.18. The third-order valence-electron chi connectivity index (χ3n) is 2.27. The van der Waals surface area contributed by atoms with Gasteiger partial charge in [-0.1, -0.05) is 0 Å². The van der Waals surface area contributed by atoms with Gasteiger partial charge in [-0.25, -0.2) is 13.6 Å². The average Bonchev–Trinajstić information content (AvgIpc) is 2.25. The number of sulfonamides is 1. The molecule has 1 aromatic rings. The highest BCUT2D eigenvalue weighted by atomic mass is 32.2. The fraction of sp³-hybridized carbons (Fsp3) is 0.400. The molecule has 0 amide bonds. The third kappa shape index (κ3) is 4.16. The minimum atomic E-state index is -3.78. The number of rotatable bonds is 5. The summed E-state index contributed by atoms with van der Waals surface area (Å²) in [4.78, 5) is -0.0705. The van der Waals surface area contributed by atoms with Crippen molar-refractivity contribution in [2.75, 3.05) is 11.4 Å². The van der Waals surface area contributed by atoms with Gasteiger partial charge in [0.1, 0.15) is 0 Å². The number of benzene rings is 1. The lowest BCUT2D eigenvalue weighted by Gasteiger charge is -2.21. The number of primary sulfonamides is 1. The molecule has 0 unspecified atom stereocenters. The molecule has 0 saturated heterocycles. The number of hydrogen-bond acceptors (Lipinski definition) is 4. The van der Waals surface area contributed by atoms with Gasteiger partial charge in [-0.05, 0) is 38.1 Å². The zero-order valence-electron chi connectivity index (χ0n) is 10.9. The first-order chi connectivity index (χ1) is 8.54. The van der Waals surface area contributed by atoms with Gasteiger partial charge < -0.3 is 0 Å². The van der Waals surface area contributed by atoms with Gasteiger partial charge in [0, 0.05) is 13.1 Å². The lowest BCUT2D eigenvalue weighted by Crippen LogP contribution is -2.41. The quantitative estimate of drug-likeness (QED) is 0.798. The molecule has 19 heavy (non-hydrogen) atoms. The second-order valence-corrected chi connectivity index (χ2v) is 7.58. The summed E-state index contributed by atoms with van der Waals surface area (Å²) in [5.41, 5.74) is 0.334. The lowest BCUT2D eigenvalue weighted by atomic mass is 10.3. The zero-order chi connectivity index (χ0) is 14.8. The van der Waals surface area contributed by atoms with Crippen LogP contribution in [-0.4, -0.2) is 29.9 Å². The number of nitrogens with one attached hydrogen (secondary N) is 1. The molecule has 0 aliphatic rings. The van der Waals surface area contributed by atoms with Crippen LogP contribution in [0.3, 0.4) is 0 Å². The molecule has 0 aliphatic carbocycles. The Morgan fingerprint density at radius 3 is 1.95 bits per heavy atom. The Kier molecular flexibility index (Phi) is 4.56. The van der Waals surface area contributed by atoms with Crippen LogP contribution in [0, 0.1) is 0 Å². The number of nitrogens with two attached hydrogens (primary N) is 1. The number of anilines is 1. The van der Waals surface area contributed by atoms with Crippen LogP contribution in [0.25, 0.3) is 0 Å². The van der Waals surface area contributed by atoms with E-state index in [1.54, 1.807) is 13.8 Å². The van der Waals surface area contributed by atoms with Crippen molar-refractivity contribution in [3.8, 4) is 0 Å². The molecule has 0 bridgehead atoms. The topological polar surface area (TPSA) is 110 Å². The maximum Gasteiger partial charge on any atom is 0.301 e. The molecule has 3 N–H and O–H groups in total. The van der Waals surface area contributed by atoms with Gasteiger partial charge in [-0.2, -0.15) is 13.1 Å². The summed E-state index contributed by atoms with van der Waals surface area (Å²) in [7, 11) is -6.07. The van der Waals surface area contributed by atoms with Crippen molar-refractivity contribution in [1.82, 2.24) is 4.72 Å². The van der Waals surface area contributed by atoms with E-state index in [2.05, 4.69) is 4.72 Å². The average molecular weight is 307 g/mol. The summed E-state index contributed by atoms with van der Waals surface area (Å²) in [5.74, 6) is 0. The Hall–Kier alpha value is -1.16. The van der Waals surface area contributed by atoms with Crippen LogP contribution < -0.4 is 14.2 Å².